The minimum atomic E-state index is -0.0197. The zero-order chi connectivity index (χ0) is 14.8. The van der Waals surface area contributed by atoms with Gasteiger partial charge in [0.05, 0.1) is 6.21 Å². The summed E-state index contributed by atoms with van der Waals surface area (Å²) in [6.07, 6.45) is 3.81. The Morgan fingerprint density at radius 1 is 1.48 bits per heavy atom. The second kappa shape index (κ2) is 5.91. The standard InChI is InChI=1S/C15H18N4OS/c1-10-5-6-11(2)12(8-10)9-16-19-14(17-18-15(19)21)13-4-3-7-20-13/h5-6,8-9,13H,3-4,7H2,1-2H3,(H,18,21)/b16-9-/t13-/m1/s1. The monoisotopic (exact) mass is 302 g/mol. The van der Waals surface area contributed by atoms with Crippen LogP contribution in [0.15, 0.2) is 23.3 Å². The maximum Gasteiger partial charge on any atom is 0.216 e. The van der Waals surface area contributed by atoms with Crippen molar-refractivity contribution >= 4 is 18.4 Å². The molecule has 0 unspecified atom stereocenters. The summed E-state index contributed by atoms with van der Waals surface area (Å²) in [6.45, 7) is 4.90. The fraction of sp³-hybridized carbons (Fsp3) is 0.400. The van der Waals surface area contributed by atoms with E-state index in [0.29, 0.717) is 4.77 Å². The van der Waals surface area contributed by atoms with Crippen molar-refractivity contribution in [2.24, 2.45) is 5.10 Å². The number of aromatic nitrogens is 3. The number of hydrogen-bond donors (Lipinski definition) is 1. The highest BCUT2D eigenvalue weighted by atomic mass is 32.1. The molecular weight excluding hydrogens is 284 g/mol. The van der Waals surface area contributed by atoms with Gasteiger partial charge < -0.3 is 4.74 Å². The number of benzene rings is 1. The van der Waals surface area contributed by atoms with E-state index in [1.165, 1.54) is 11.1 Å². The van der Waals surface area contributed by atoms with Gasteiger partial charge in [-0.05, 0) is 50.0 Å². The molecule has 1 aromatic heterocycles. The van der Waals surface area contributed by atoms with Crippen LogP contribution in [0, 0.1) is 18.6 Å². The summed E-state index contributed by atoms with van der Waals surface area (Å²) in [5.41, 5.74) is 3.46. The van der Waals surface area contributed by atoms with Crippen LogP contribution in [0.25, 0.3) is 0 Å². The molecule has 0 amide bonds. The van der Waals surface area contributed by atoms with E-state index in [4.69, 9.17) is 17.0 Å². The van der Waals surface area contributed by atoms with Crippen molar-refractivity contribution in [2.45, 2.75) is 32.8 Å². The van der Waals surface area contributed by atoms with Crippen LogP contribution in [-0.2, 0) is 4.74 Å². The number of rotatable bonds is 3. The van der Waals surface area contributed by atoms with Gasteiger partial charge in [-0.1, -0.05) is 23.8 Å². The van der Waals surface area contributed by atoms with Crippen molar-refractivity contribution in [3.63, 3.8) is 0 Å². The van der Waals surface area contributed by atoms with Crippen molar-refractivity contribution in [2.75, 3.05) is 6.61 Å². The molecule has 0 bridgehead atoms. The van der Waals surface area contributed by atoms with Crippen molar-refractivity contribution < 1.29 is 4.74 Å². The molecule has 1 N–H and O–H groups in total. The Hall–Kier alpha value is -1.79. The van der Waals surface area contributed by atoms with E-state index >= 15 is 0 Å². The van der Waals surface area contributed by atoms with Gasteiger partial charge in [-0.15, -0.1) is 0 Å². The van der Waals surface area contributed by atoms with E-state index in [1.54, 1.807) is 4.68 Å². The molecule has 0 aliphatic carbocycles. The van der Waals surface area contributed by atoms with Crippen LogP contribution in [0.3, 0.4) is 0 Å². The van der Waals surface area contributed by atoms with E-state index in [9.17, 15) is 0 Å². The fourth-order valence-electron chi connectivity index (χ4n) is 2.42. The van der Waals surface area contributed by atoms with Gasteiger partial charge in [0.2, 0.25) is 4.77 Å². The maximum absolute atomic E-state index is 5.66. The van der Waals surface area contributed by atoms with Gasteiger partial charge in [0, 0.05) is 6.61 Å². The number of nitrogens with one attached hydrogen (secondary N) is 1. The number of H-pyrrole nitrogens is 1. The summed E-state index contributed by atoms with van der Waals surface area (Å²) >= 11 is 5.26. The smallest absolute Gasteiger partial charge is 0.216 e. The Balaban J connectivity index is 1.94. The normalized spacial score (nSPS) is 18.7. The quantitative estimate of drug-likeness (QED) is 0.699. The highest BCUT2D eigenvalue weighted by Crippen LogP contribution is 2.26. The lowest BCUT2D eigenvalue weighted by molar-refractivity contribution is 0.102. The molecule has 2 heterocycles. The summed E-state index contributed by atoms with van der Waals surface area (Å²) in [4.78, 5) is 0. The van der Waals surface area contributed by atoms with E-state index in [0.717, 1.165) is 30.8 Å². The van der Waals surface area contributed by atoms with Gasteiger partial charge in [0.25, 0.3) is 0 Å². The second-order valence-corrected chi connectivity index (χ2v) is 5.69. The van der Waals surface area contributed by atoms with Crippen LogP contribution >= 0.6 is 12.2 Å². The molecule has 0 spiro atoms. The largest absolute Gasteiger partial charge is 0.370 e. The molecule has 110 valence electrons. The SMILES string of the molecule is Cc1ccc(C)c(/C=N\n2c([C@H]3CCCO3)n[nH]c2=S)c1. The molecule has 5 nitrogen and oxygen atoms in total. The van der Waals surface area contributed by atoms with Gasteiger partial charge in [0.15, 0.2) is 5.82 Å². The molecule has 3 rings (SSSR count). The molecule has 1 aliphatic heterocycles. The topological polar surface area (TPSA) is 55.2 Å². The van der Waals surface area contributed by atoms with E-state index in [1.807, 2.05) is 6.21 Å². The van der Waals surface area contributed by atoms with Crippen LogP contribution in [0.2, 0.25) is 0 Å². The third-order valence-electron chi connectivity index (χ3n) is 3.64. The molecule has 21 heavy (non-hydrogen) atoms. The molecule has 1 aromatic carbocycles. The first-order valence-electron chi connectivity index (χ1n) is 7.05. The lowest BCUT2D eigenvalue weighted by atomic mass is 10.1. The van der Waals surface area contributed by atoms with Crippen LogP contribution in [-0.4, -0.2) is 27.7 Å². The lowest BCUT2D eigenvalue weighted by Crippen LogP contribution is -2.05. The molecule has 0 radical (unpaired) electrons. The van der Waals surface area contributed by atoms with Gasteiger partial charge in [0.1, 0.15) is 6.10 Å². The summed E-state index contributed by atoms with van der Waals surface area (Å²) in [5.74, 6) is 0.749. The summed E-state index contributed by atoms with van der Waals surface area (Å²) < 4.78 is 7.81. The molecule has 2 aromatic rings. The molecule has 6 heteroatoms. The van der Waals surface area contributed by atoms with Crippen LogP contribution in [0.5, 0.6) is 0 Å². The third-order valence-corrected chi connectivity index (χ3v) is 3.90. The predicted molar refractivity (Wildman–Crippen MR) is 84.2 cm³/mol. The van der Waals surface area contributed by atoms with E-state index in [2.05, 4.69) is 47.3 Å². The van der Waals surface area contributed by atoms with Crippen molar-refractivity contribution in [3.8, 4) is 0 Å². The number of hydrogen-bond acceptors (Lipinski definition) is 4. The first kappa shape index (κ1) is 14.2. The number of aryl methyl sites for hydroxylation is 2. The van der Waals surface area contributed by atoms with Crippen molar-refractivity contribution in [1.29, 1.82) is 0 Å². The molecule has 1 aliphatic rings. The molecule has 1 atom stereocenters. The van der Waals surface area contributed by atoms with E-state index in [-0.39, 0.29) is 6.10 Å². The lowest BCUT2D eigenvalue weighted by Gasteiger charge is -2.07. The first-order valence-corrected chi connectivity index (χ1v) is 7.46. The molecular formula is C15H18N4OS. The third kappa shape index (κ3) is 2.96. The first-order chi connectivity index (χ1) is 10.1. The average molecular weight is 302 g/mol. The summed E-state index contributed by atoms with van der Waals surface area (Å²) in [7, 11) is 0. The van der Waals surface area contributed by atoms with Crippen molar-refractivity contribution in [1.82, 2.24) is 14.9 Å². The molecule has 1 fully saturated rings. The Labute approximate surface area is 128 Å². The average Bonchev–Trinajstić information content (AvgIpc) is 3.09. The number of aromatic amines is 1. The second-order valence-electron chi connectivity index (χ2n) is 5.31. The van der Waals surface area contributed by atoms with Crippen molar-refractivity contribution in [3.05, 3.63) is 45.5 Å². The Bertz CT molecular complexity index is 726. The Morgan fingerprint density at radius 3 is 3.10 bits per heavy atom. The van der Waals surface area contributed by atoms with Gasteiger partial charge in [-0.2, -0.15) is 14.9 Å². The van der Waals surface area contributed by atoms with Gasteiger partial charge >= 0.3 is 0 Å². The zero-order valence-corrected chi connectivity index (χ0v) is 13.0. The van der Waals surface area contributed by atoms with Crippen LogP contribution in [0.1, 0.15) is 41.5 Å². The molecule has 1 saturated heterocycles. The summed E-state index contributed by atoms with van der Waals surface area (Å²) in [5, 5.41) is 11.6. The molecule has 0 saturated carbocycles. The minimum Gasteiger partial charge on any atom is -0.370 e. The van der Waals surface area contributed by atoms with Gasteiger partial charge in [-0.3, -0.25) is 5.10 Å². The maximum atomic E-state index is 5.66. The Morgan fingerprint density at radius 2 is 2.33 bits per heavy atom. The fourth-order valence-corrected chi connectivity index (χ4v) is 2.61. The van der Waals surface area contributed by atoms with E-state index < -0.39 is 0 Å². The summed E-state index contributed by atoms with van der Waals surface area (Å²) in [6, 6.07) is 6.29. The number of nitrogens with zero attached hydrogens (tertiary/aromatic N) is 3. The number of ether oxygens (including phenoxy) is 1. The van der Waals surface area contributed by atoms with Crippen LogP contribution < -0.4 is 0 Å². The Kier molecular flexibility index (Phi) is 3.98. The zero-order valence-electron chi connectivity index (χ0n) is 12.2. The van der Waals surface area contributed by atoms with Crippen LogP contribution in [0.4, 0.5) is 0 Å². The highest BCUT2D eigenvalue weighted by molar-refractivity contribution is 7.71. The highest BCUT2D eigenvalue weighted by Gasteiger charge is 2.23. The minimum absolute atomic E-state index is 0.0197. The van der Waals surface area contributed by atoms with Gasteiger partial charge in [-0.25, -0.2) is 0 Å². The predicted octanol–water partition coefficient (Wildman–Crippen LogP) is 3.29.